The molecule has 0 bridgehead atoms. The second-order valence-corrected chi connectivity index (χ2v) is 12.2. The highest BCUT2D eigenvalue weighted by atomic mass is 28.3. The van der Waals surface area contributed by atoms with Gasteiger partial charge in [0.1, 0.15) is 6.10 Å². The van der Waals surface area contributed by atoms with Gasteiger partial charge < -0.3 is 5.11 Å². The maximum atomic E-state index is 11.6. The van der Waals surface area contributed by atoms with Crippen LogP contribution in [0.1, 0.15) is 40.0 Å². The fraction of sp³-hybridized carbons (Fsp3) is 0.917. The van der Waals surface area contributed by atoms with Gasteiger partial charge in [-0.25, -0.2) is 0 Å². The standard InChI is InChI=1S/C12H24O2Si/c1-12(2,3)15(4,5)9-6-7-10(13)11(14)8-9/h9-10,13H,6-8H2,1-5H3. The molecule has 0 saturated heterocycles. The molecule has 88 valence electrons. The number of carbonyl (C=O) groups is 1. The van der Waals surface area contributed by atoms with Crippen molar-refractivity contribution >= 4 is 13.9 Å². The first kappa shape index (κ1) is 12.9. The Labute approximate surface area is 94.1 Å². The average Bonchev–Trinajstić information content (AvgIpc) is 2.07. The Morgan fingerprint density at radius 2 is 1.80 bits per heavy atom. The Kier molecular flexibility index (Phi) is 3.46. The average molecular weight is 228 g/mol. The lowest BCUT2D eigenvalue weighted by Gasteiger charge is -2.45. The number of aliphatic hydroxyl groups is 1. The maximum absolute atomic E-state index is 11.6. The monoisotopic (exact) mass is 228 g/mol. The molecule has 0 amide bonds. The number of rotatable bonds is 1. The minimum Gasteiger partial charge on any atom is -0.385 e. The molecule has 15 heavy (non-hydrogen) atoms. The van der Waals surface area contributed by atoms with E-state index in [0.717, 1.165) is 6.42 Å². The Morgan fingerprint density at radius 3 is 2.20 bits per heavy atom. The molecular formula is C12H24O2Si. The van der Waals surface area contributed by atoms with E-state index in [9.17, 15) is 9.90 Å². The van der Waals surface area contributed by atoms with Crippen molar-refractivity contribution < 1.29 is 9.90 Å². The second kappa shape index (κ2) is 4.02. The van der Waals surface area contributed by atoms with E-state index in [0.29, 0.717) is 23.4 Å². The second-order valence-electron chi connectivity index (χ2n) is 6.43. The highest BCUT2D eigenvalue weighted by Crippen LogP contribution is 2.48. The van der Waals surface area contributed by atoms with Gasteiger partial charge in [-0.05, 0) is 23.4 Å². The molecule has 2 unspecified atom stereocenters. The Balaban J connectivity index is 2.78. The summed E-state index contributed by atoms with van der Waals surface area (Å²) in [5.74, 6) is 0.0658. The van der Waals surface area contributed by atoms with Gasteiger partial charge in [0.15, 0.2) is 5.78 Å². The molecule has 0 spiro atoms. The number of hydrogen-bond donors (Lipinski definition) is 1. The van der Waals surface area contributed by atoms with Gasteiger partial charge in [0.2, 0.25) is 0 Å². The smallest absolute Gasteiger partial charge is 0.161 e. The van der Waals surface area contributed by atoms with Crippen LogP contribution in [0.15, 0.2) is 0 Å². The summed E-state index contributed by atoms with van der Waals surface area (Å²) in [6, 6.07) is 0. The van der Waals surface area contributed by atoms with Gasteiger partial charge in [-0.3, -0.25) is 4.79 Å². The maximum Gasteiger partial charge on any atom is 0.161 e. The van der Waals surface area contributed by atoms with Crippen LogP contribution in [-0.2, 0) is 4.79 Å². The van der Waals surface area contributed by atoms with E-state index in [1.54, 1.807) is 0 Å². The number of carbonyl (C=O) groups excluding carboxylic acids is 1. The first-order valence-corrected chi connectivity index (χ1v) is 8.95. The zero-order valence-electron chi connectivity index (χ0n) is 10.6. The minimum atomic E-state index is -1.41. The lowest BCUT2D eigenvalue weighted by Crippen LogP contribution is -2.46. The van der Waals surface area contributed by atoms with Crippen LogP contribution >= 0.6 is 0 Å². The van der Waals surface area contributed by atoms with Crippen LogP contribution in [0.3, 0.4) is 0 Å². The summed E-state index contributed by atoms with van der Waals surface area (Å²) in [5.41, 5.74) is 0.549. The molecule has 1 saturated carbocycles. The first-order valence-electron chi connectivity index (χ1n) is 5.87. The van der Waals surface area contributed by atoms with Gasteiger partial charge in [0, 0.05) is 6.42 Å². The molecule has 1 aliphatic carbocycles. The van der Waals surface area contributed by atoms with Crippen molar-refractivity contribution in [2.24, 2.45) is 0 Å². The van der Waals surface area contributed by atoms with Gasteiger partial charge in [-0.15, -0.1) is 0 Å². The van der Waals surface area contributed by atoms with E-state index in [4.69, 9.17) is 0 Å². The molecule has 0 radical (unpaired) electrons. The van der Waals surface area contributed by atoms with E-state index >= 15 is 0 Å². The predicted molar refractivity (Wildman–Crippen MR) is 65.8 cm³/mol. The van der Waals surface area contributed by atoms with Crippen LogP contribution in [0, 0.1) is 0 Å². The van der Waals surface area contributed by atoms with Gasteiger partial charge in [0.05, 0.1) is 8.07 Å². The van der Waals surface area contributed by atoms with Crippen molar-refractivity contribution in [3.8, 4) is 0 Å². The molecule has 3 heteroatoms. The lowest BCUT2D eigenvalue weighted by molar-refractivity contribution is -0.129. The summed E-state index contributed by atoms with van der Waals surface area (Å²) in [5, 5.41) is 9.76. The SMILES string of the molecule is CC(C)(C)[Si](C)(C)C1CCC(O)C(=O)C1. The number of Topliss-reactive ketones (excluding diaryl/α,β-unsaturated/α-hetero) is 1. The van der Waals surface area contributed by atoms with Crippen LogP contribution in [0.5, 0.6) is 0 Å². The number of ketones is 1. The molecule has 0 aromatic carbocycles. The zero-order chi connectivity index (χ0) is 11.9. The summed E-state index contributed by atoms with van der Waals surface area (Å²) in [6.45, 7) is 11.6. The molecule has 2 atom stereocenters. The Bertz CT molecular complexity index is 253. The molecule has 1 N–H and O–H groups in total. The van der Waals surface area contributed by atoms with Gasteiger partial charge in [0.25, 0.3) is 0 Å². The fourth-order valence-electron chi connectivity index (χ4n) is 2.23. The van der Waals surface area contributed by atoms with Crippen LogP contribution in [-0.4, -0.2) is 25.1 Å². The van der Waals surface area contributed by atoms with Crippen molar-refractivity contribution in [2.75, 3.05) is 0 Å². The molecule has 0 aliphatic heterocycles. The quantitative estimate of drug-likeness (QED) is 0.701. The van der Waals surface area contributed by atoms with E-state index in [-0.39, 0.29) is 5.78 Å². The van der Waals surface area contributed by atoms with Crippen molar-refractivity contribution in [3.63, 3.8) is 0 Å². The Morgan fingerprint density at radius 1 is 1.27 bits per heavy atom. The van der Waals surface area contributed by atoms with Crippen molar-refractivity contribution in [1.82, 2.24) is 0 Å². The largest absolute Gasteiger partial charge is 0.385 e. The molecule has 0 heterocycles. The Hall–Kier alpha value is -0.153. The molecule has 0 aromatic rings. The molecule has 1 fully saturated rings. The first-order chi connectivity index (χ1) is 6.66. The van der Waals surface area contributed by atoms with Crippen molar-refractivity contribution in [1.29, 1.82) is 0 Å². The third-order valence-electron chi connectivity index (χ3n) is 4.56. The van der Waals surface area contributed by atoms with Crippen LogP contribution in [0.4, 0.5) is 0 Å². The minimum absolute atomic E-state index is 0.0658. The van der Waals surface area contributed by atoms with Gasteiger partial charge >= 0.3 is 0 Å². The van der Waals surface area contributed by atoms with Crippen LogP contribution in [0.2, 0.25) is 23.7 Å². The summed E-state index contributed by atoms with van der Waals surface area (Å²) < 4.78 is 0. The highest BCUT2D eigenvalue weighted by molar-refractivity contribution is 6.81. The lowest BCUT2D eigenvalue weighted by atomic mass is 9.96. The van der Waals surface area contributed by atoms with E-state index in [2.05, 4.69) is 33.9 Å². The molecule has 1 rings (SSSR count). The molecule has 2 nitrogen and oxygen atoms in total. The zero-order valence-corrected chi connectivity index (χ0v) is 11.6. The van der Waals surface area contributed by atoms with Crippen LogP contribution < -0.4 is 0 Å². The number of aliphatic hydroxyl groups excluding tert-OH is 1. The molecule has 1 aliphatic rings. The summed E-state index contributed by atoms with van der Waals surface area (Å²) >= 11 is 0. The fourth-order valence-corrected chi connectivity index (χ4v) is 5.05. The topological polar surface area (TPSA) is 37.3 Å². The van der Waals surface area contributed by atoms with Crippen LogP contribution in [0.25, 0.3) is 0 Å². The third-order valence-corrected chi connectivity index (χ3v) is 11.0. The van der Waals surface area contributed by atoms with Gasteiger partial charge in [-0.2, -0.15) is 0 Å². The highest BCUT2D eigenvalue weighted by Gasteiger charge is 2.44. The summed E-state index contributed by atoms with van der Waals surface area (Å²) in [6.07, 6.45) is 1.64. The third kappa shape index (κ3) is 2.51. The molecule has 0 aromatic heterocycles. The van der Waals surface area contributed by atoms with E-state index in [1.807, 2.05) is 0 Å². The van der Waals surface area contributed by atoms with Crippen molar-refractivity contribution in [2.45, 2.75) is 69.8 Å². The van der Waals surface area contributed by atoms with E-state index < -0.39 is 14.2 Å². The van der Waals surface area contributed by atoms with E-state index in [1.165, 1.54) is 0 Å². The summed E-state index contributed by atoms with van der Waals surface area (Å²) in [4.78, 5) is 11.6. The predicted octanol–water partition coefficient (Wildman–Crippen LogP) is 2.98. The summed E-state index contributed by atoms with van der Waals surface area (Å²) in [7, 11) is -1.41. The number of hydrogen-bond acceptors (Lipinski definition) is 2. The normalized spacial score (nSPS) is 29.3. The molecular weight excluding hydrogens is 204 g/mol. The van der Waals surface area contributed by atoms with Crippen molar-refractivity contribution in [3.05, 3.63) is 0 Å². The van der Waals surface area contributed by atoms with Gasteiger partial charge in [-0.1, -0.05) is 33.9 Å².